The van der Waals surface area contributed by atoms with Gasteiger partial charge in [-0.2, -0.15) is 0 Å². The predicted molar refractivity (Wildman–Crippen MR) is 88.7 cm³/mol. The zero-order chi connectivity index (χ0) is 14.4. The van der Waals surface area contributed by atoms with Gasteiger partial charge in [-0.1, -0.05) is 24.3 Å². The topological polar surface area (TPSA) is 15.3 Å². The van der Waals surface area contributed by atoms with E-state index in [4.69, 9.17) is 0 Å². The molecule has 2 nitrogen and oxygen atoms in total. The van der Waals surface area contributed by atoms with Gasteiger partial charge in [0.2, 0.25) is 0 Å². The van der Waals surface area contributed by atoms with Gasteiger partial charge in [0, 0.05) is 31.5 Å². The van der Waals surface area contributed by atoms with Gasteiger partial charge in [-0.05, 0) is 55.7 Å². The highest BCUT2D eigenvalue weighted by Gasteiger charge is 2.02. The van der Waals surface area contributed by atoms with E-state index in [9.17, 15) is 0 Å². The zero-order valence-corrected chi connectivity index (χ0v) is 12.7. The molecule has 2 aromatic carbocycles. The first kappa shape index (κ1) is 14.4. The van der Waals surface area contributed by atoms with Crippen molar-refractivity contribution in [1.29, 1.82) is 0 Å². The molecule has 0 amide bonds. The average Bonchev–Trinajstić information content (AvgIpc) is 2.43. The molecule has 0 aliphatic heterocycles. The second-order valence-electron chi connectivity index (χ2n) is 5.41. The highest BCUT2D eigenvalue weighted by Crippen LogP contribution is 2.17. The van der Waals surface area contributed by atoms with Crippen LogP contribution in [-0.2, 0) is 0 Å². The molecule has 1 N–H and O–H groups in total. The summed E-state index contributed by atoms with van der Waals surface area (Å²) in [6.07, 6.45) is 1.12. The molecular weight excluding hydrogens is 244 g/mol. The molecule has 0 aromatic heterocycles. The Kier molecular flexibility index (Phi) is 5.05. The molecule has 106 valence electrons. The fourth-order valence-electron chi connectivity index (χ4n) is 2.41. The normalized spacial score (nSPS) is 10.3. The number of rotatable bonds is 6. The highest BCUT2D eigenvalue weighted by molar-refractivity contribution is 5.50. The van der Waals surface area contributed by atoms with Crippen molar-refractivity contribution in [3.05, 3.63) is 59.7 Å². The summed E-state index contributed by atoms with van der Waals surface area (Å²) >= 11 is 0. The molecule has 2 rings (SSSR count). The van der Waals surface area contributed by atoms with E-state index in [-0.39, 0.29) is 0 Å². The van der Waals surface area contributed by atoms with Gasteiger partial charge >= 0.3 is 0 Å². The number of hydrogen-bond acceptors (Lipinski definition) is 2. The molecule has 2 heteroatoms. The Morgan fingerprint density at radius 1 is 0.950 bits per heavy atom. The van der Waals surface area contributed by atoms with E-state index >= 15 is 0 Å². The number of para-hydroxylation sites is 1. The van der Waals surface area contributed by atoms with Crippen molar-refractivity contribution in [3.8, 4) is 0 Å². The lowest BCUT2D eigenvalue weighted by Gasteiger charge is -2.20. The van der Waals surface area contributed by atoms with Gasteiger partial charge < -0.3 is 10.2 Å². The van der Waals surface area contributed by atoms with Crippen LogP contribution in [0.25, 0.3) is 0 Å². The fourth-order valence-corrected chi connectivity index (χ4v) is 2.41. The molecule has 0 saturated carbocycles. The summed E-state index contributed by atoms with van der Waals surface area (Å²) in [5.74, 6) is 0. The number of aryl methyl sites for hydroxylation is 2. The Labute approximate surface area is 122 Å². The van der Waals surface area contributed by atoms with Gasteiger partial charge in [0.1, 0.15) is 0 Å². The minimum Gasteiger partial charge on any atom is -0.385 e. The molecule has 0 spiro atoms. The lowest BCUT2D eigenvalue weighted by atomic mass is 10.1. The predicted octanol–water partition coefficient (Wildman–Crippen LogP) is 4.24. The molecular formula is C18H24N2. The molecule has 0 aliphatic rings. The quantitative estimate of drug-likeness (QED) is 0.788. The van der Waals surface area contributed by atoms with Gasteiger partial charge in [-0.3, -0.25) is 0 Å². The summed E-state index contributed by atoms with van der Waals surface area (Å²) in [6.45, 7) is 6.37. The first-order chi connectivity index (χ1) is 9.65. The maximum Gasteiger partial charge on any atom is 0.0368 e. The van der Waals surface area contributed by atoms with Crippen molar-refractivity contribution in [3.63, 3.8) is 0 Å². The van der Waals surface area contributed by atoms with E-state index in [1.807, 2.05) is 6.07 Å². The Morgan fingerprint density at radius 2 is 1.60 bits per heavy atom. The van der Waals surface area contributed by atoms with Crippen molar-refractivity contribution < 1.29 is 0 Å². The monoisotopic (exact) mass is 268 g/mol. The van der Waals surface area contributed by atoms with E-state index in [0.717, 1.165) is 19.5 Å². The molecule has 0 heterocycles. The van der Waals surface area contributed by atoms with Gasteiger partial charge in [0.15, 0.2) is 0 Å². The van der Waals surface area contributed by atoms with Gasteiger partial charge in [0.25, 0.3) is 0 Å². The van der Waals surface area contributed by atoms with Crippen LogP contribution in [0.1, 0.15) is 17.5 Å². The molecule has 0 fully saturated rings. The number of benzene rings is 2. The van der Waals surface area contributed by atoms with Crippen LogP contribution in [0, 0.1) is 13.8 Å². The minimum absolute atomic E-state index is 0.999. The second kappa shape index (κ2) is 6.99. The molecule has 0 saturated heterocycles. The van der Waals surface area contributed by atoms with Gasteiger partial charge in [-0.25, -0.2) is 0 Å². The Morgan fingerprint density at radius 3 is 2.25 bits per heavy atom. The number of nitrogens with one attached hydrogen (secondary N) is 1. The zero-order valence-electron chi connectivity index (χ0n) is 12.7. The third-order valence-electron chi connectivity index (χ3n) is 3.42. The number of nitrogens with zero attached hydrogens (tertiary/aromatic N) is 1. The fraction of sp³-hybridized carbons (Fsp3) is 0.333. The lowest BCUT2D eigenvalue weighted by molar-refractivity contribution is 0.816. The van der Waals surface area contributed by atoms with Crippen molar-refractivity contribution in [1.82, 2.24) is 0 Å². The summed E-state index contributed by atoms with van der Waals surface area (Å²) < 4.78 is 0. The van der Waals surface area contributed by atoms with Crippen molar-refractivity contribution in [2.75, 3.05) is 30.4 Å². The van der Waals surface area contributed by atoms with Crippen LogP contribution in [-0.4, -0.2) is 20.1 Å². The average molecular weight is 268 g/mol. The maximum atomic E-state index is 3.45. The summed E-state index contributed by atoms with van der Waals surface area (Å²) in [5.41, 5.74) is 5.16. The third kappa shape index (κ3) is 4.30. The number of hydrogen-bond donors (Lipinski definition) is 1. The van der Waals surface area contributed by atoms with Crippen LogP contribution in [0.4, 0.5) is 11.4 Å². The van der Waals surface area contributed by atoms with E-state index in [2.05, 4.69) is 73.6 Å². The smallest absolute Gasteiger partial charge is 0.0368 e. The van der Waals surface area contributed by atoms with E-state index in [0.29, 0.717) is 0 Å². The summed E-state index contributed by atoms with van der Waals surface area (Å²) in [7, 11) is 2.16. The minimum atomic E-state index is 0.999. The molecule has 0 aliphatic carbocycles. The van der Waals surface area contributed by atoms with Gasteiger partial charge in [-0.15, -0.1) is 0 Å². The molecule has 20 heavy (non-hydrogen) atoms. The SMILES string of the molecule is Cc1cc(C)cc(N(C)CCCNc2ccccc2)c1. The molecule has 0 atom stereocenters. The van der Waals surface area contributed by atoms with Crippen molar-refractivity contribution in [2.45, 2.75) is 20.3 Å². The second-order valence-corrected chi connectivity index (χ2v) is 5.41. The van der Waals surface area contributed by atoms with E-state index in [1.54, 1.807) is 0 Å². The molecule has 2 aromatic rings. The van der Waals surface area contributed by atoms with Crippen LogP contribution in [0.15, 0.2) is 48.5 Å². The maximum absolute atomic E-state index is 3.45. The standard InChI is InChI=1S/C18H24N2/c1-15-12-16(2)14-18(13-15)20(3)11-7-10-19-17-8-5-4-6-9-17/h4-6,8-9,12-14,19H,7,10-11H2,1-3H3. The largest absolute Gasteiger partial charge is 0.385 e. The molecule has 0 unspecified atom stereocenters. The highest BCUT2D eigenvalue weighted by atomic mass is 15.1. The van der Waals surface area contributed by atoms with E-state index in [1.165, 1.54) is 22.5 Å². The van der Waals surface area contributed by atoms with Crippen LogP contribution in [0.5, 0.6) is 0 Å². The summed E-state index contributed by atoms with van der Waals surface area (Å²) in [6, 6.07) is 17.1. The van der Waals surface area contributed by atoms with Crippen molar-refractivity contribution >= 4 is 11.4 Å². The Hall–Kier alpha value is -1.96. The molecule has 0 radical (unpaired) electrons. The van der Waals surface area contributed by atoms with Crippen LogP contribution in [0.2, 0.25) is 0 Å². The first-order valence-electron chi connectivity index (χ1n) is 7.23. The van der Waals surface area contributed by atoms with Crippen LogP contribution in [0.3, 0.4) is 0 Å². The Bertz CT molecular complexity index is 514. The summed E-state index contributed by atoms with van der Waals surface area (Å²) in [5, 5.41) is 3.45. The molecule has 0 bridgehead atoms. The van der Waals surface area contributed by atoms with Gasteiger partial charge in [0.05, 0.1) is 0 Å². The van der Waals surface area contributed by atoms with Crippen molar-refractivity contribution in [2.24, 2.45) is 0 Å². The number of anilines is 2. The third-order valence-corrected chi connectivity index (χ3v) is 3.42. The first-order valence-corrected chi connectivity index (χ1v) is 7.23. The summed E-state index contributed by atoms with van der Waals surface area (Å²) in [4.78, 5) is 2.33. The lowest BCUT2D eigenvalue weighted by Crippen LogP contribution is -2.21. The Balaban J connectivity index is 1.79. The van der Waals surface area contributed by atoms with E-state index < -0.39 is 0 Å². The van der Waals surface area contributed by atoms with Crippen LogP contribution < -0.4 is 10.2 Å². The van der Waals surface area contributed by atoms with Crippen LogP contribution >= 0.6 is 0 Å².